The van der Waals surface area contributed by atoms with E-state index in [2.05, 4.69) is 24.3 Å². The Morgan fingerprint density at radius 2 is 1.96 bits per heavy atom. The van der Waals surface area contributed by atoms with E-state index >= 15 is 0 Å². The minimum Gasteiger partial charge on any atom is -0.497 e. The summed E-state index contributed by atoms with van der Waals surface area (Å²) in [5, 5.41) is 3.06. The number of likely N-dealkylation sites (N-methyl/N-ethyl adjacent to an activating group) is 1. The maximum atomic E-state index is 12.3. The van der Waals surface area contributed by atoms with Gasteiger partial charge in [-0.05, 0) is 51.1 Å². The molecule has 0 spiro atoms. The summed E-state index contributed by atoms with van der Waals surface area (Å²) < 4.78 is 10.6. The van der Waals surface area contributed by atoms with Gasteiger partial charge in [-0.1, -0.05) is 19.3 Å². The van der Waals surface area contributed by atoms with Gasteiger partial charge in [-0.3, -0.25) is 4.79 Å². The van der Waals surface area contributed by atoms with Crippen molar-refractivity contribution >= 4 is 12.0 Å². The second kappa shape index (κ2) is 10.2. The largest absolute Gasteiger partial charge is 0.497 e. The van der Waals surface area contributed by atoms with Crippen molar-refractivity contribution in [2.75, 3.05) is 34.9 Å². The quantitative estimate of drug-likeness (QED) is 0.723. The minimum absolute atomic E-state index is 0.0782. The fourth-order valence-electron chi connectivity index (χ4n) is 3.68. The highest BCUT2D eigenvalue weighted by Crippen LogP contribution is 2.28. The maximum Gasteiger partial charge on any atom is 0.244 e. The molecule has 0 unspecified atom stereocenters. The average molecular weight is 360 g/mol. The molecule has 5 heteroatoms. The first kappa shape index (κ1) is 20.3. The van der Waals surface area contributed by atoms with Crippen LogP contribution in [0.1, 0.15) is 37.7 Å². The van der Waals surface area contributed by atoms with E-state index in [1.807, 2.05) is 18.2 Å². The molecule has 0 bridgehead atoms. The van der Waals surface area contributed by atoms with Crippen molar-refractivity contribution in [3.05, 3.63) is 29.8 Å². The van der Waals surface area contributed by atoms with Gasteiger partial charge in [0.2, 0.25) is 5.91 Å². The fourth-order valence-corrected chi connectivity index (χ4v) is 3.68. The van der Waals surface area contributed by atoms with Gasteiger partial charge in [0.05, 0.1) is 14.2 Å². The van der Waals surface area contributed by atoms with Crippen molar-refractivity contribution < 1.29 is 14.3 Å². The summed E-state index contributed by atoms with van der Waals surface area (Å²) in [6.07, 6.45) is 9.82. The molecule has 1 N–H and O–H groups in total. The zero-order valence-corrected chi connectivity index (χ0v) is 16.5. The summed E-state index contributed by atoms with van der Waals surface area (Å²) in [6.45, 7) is 0.681. The number of nitrogens with zero attached hydrogens (tertiary/aromatic N) is 1. The van der Waals surface area contributed by atoms with Gasteiger partial charge in [0.25, 0.3) is 0 Å². The lowest BCUT2D eigenvalue weighted by molar-refractivity contribution is -0.116. The Labute approximate surface area is 157 Å². The molecule has 0 heterocycles. The number of benzene rings is 1. The first-order chi connectivity index (χ1) is 12.5. The van der Waals surface area contributed by atoms with Crippen LogP contribution in [0, 0.1) is 5.92 Å². The van der Waals surface area contributed by atoms with Crippen LogP contribution in [-0.2, 0) is 4.79 Å². The number of hydrogen-bond donors (Lipinski definition) is 1. The van der Waals surface area contributed by atoms with Gasteiger partial charge >= 0.3 is 0 Å². The summed E-state index contributed by atoms with van der Waals surface area (Å²) in [5.74, 6) is 2.00. The highest BCUT2D eigenvalue weighted by molar-refractivity contribution is 5.92. The molecule has 1 aromatic carbocycles. The van der Waals surface area contributed by atoms with Gasteiger partial charge in [0, 0.05) is 30.3 Å². The minimum atomic E-state index is -0.0782. The van der Waals surface area contributed by atoms with Crippen LogP contribution in [0.15, 0.2) is 24.3 Å². The van der Waals surface area contributed by atoms with Crippen molar-refractivity contribution in [3.8, 4) is 11.5 Å². The van der Waals surface area contributed by atoms with Gasteiger partial charge in [-0.15, -0.1) is 0 Å². The van der Waals surface area contributed by atoms with Crippen LogP contribution in [0.25, 0.3) is 6.08 Å². The van der Waals surface area contributed by atoms with Gasteiger partial charge in [-0.2, -0.15) is 0 Å². The van der Waals surface area contributed by atoms with Gasteiger partial charge < -0.3 is 19.7 Å². The van der Waals surface area contributed by atoms with E-state index in [9.17, 15) is 4.79 Å². The van der Waals surface area contributed by atoms with Crippen molar-refractivity contribution in [1.82, 2.24) is 10.2 Å². The number of rotatable bonds is 8. The highest BCUT2D eigenvalue weighted by atomic mass is 16.5. The van der Waals surface area contributed by atoms with Crippen LogP contribution in [0.2, 0.25) is 0 Å². The number of carbonyl (C=O) groups is 1. The first-order valence-electron chi connectivity index (χ1n) is 9.39. The highest BCUT2D eigenvalue weighted by Gasteiger charge is 2.25. The van der Waals surface area contributed by atoms with E-state index in [4.69, 9.17) is 9.47 Å². The molecule has 1 aromatic rings. The topological polar surface area (TPSA) is 50.8 Å². The summed E-state index contributed by atoms with van der Waals surface area (Å²) >= 11 is 0. The second-order valence-electron chi connectivity index (χ2n) is 7.12. The van der Waals surface area contributed by atoms with Crippen molar-refractivity contribution in [1.29, 1.82) is 0 Å². The normalized spacial score (nSPS) is 16.7. The van der Waals surface area contributed by atoms with Crippen molar-refractivity contribution in [2.24, 2.45) is 5.92 Å². The lowest BCUT2D eigenvalue weighted by atomic mass is 9.83. The maximum absolute atomic E-state index is 12.3. The Balaban J connectivity index is 1.93. The predicted molar refractivity (Wildman–Crippen MR) is 106 cm³/mol. The molecule has 26 heavy (non-hydrogen) atoms. The smallest absolute Gasteiger partial charge is 0.244 e. The zero-order valence-electron chi connectivity index (χ0n) is 16.5. The fraction of sp³-hybridized carbons (Fsp3) is 0.571. The summed E-state index contributed by atoms with van der Waals surface area (Å²) in [5.41, 5.74) is 0.847. The van der Waals surface area contributed by atoms with Crippen LogP contribution < -0.4 is 14.8 Å². The number of methoxy groups -OCH3 is 2. The monoisotopic (exact) mass is 360 g/mol. The van der Waals surface area contributed by atoms with Crippen LogP contribution in [0.3, 0.4) is 0 Å². The number of ether oxygens (including phenoxy) is 2. The summed E-state index contributed by atoms with van der Waals surface area (Å²) in [7, 11) is 7.43. The SMILES string of the molecule is COc1ccc(/C=C/C(=O)NC[C@@H](C2CCCCC2)N(C)C)c(OC)c1. The molecule has 0 aromatic heterocycles. The predicted octanol–water partition coefficient (Wildman–Crippen LogP) is 3.34. The molecule has 1 aliphatic rings. The summed E-state index contributed by atoms with van der Waals surface area (Å²) in [4.78, 5) is 14.5. The van der Waals surface area contributed by atoms with E-state index in [1.54, 1.807) is 26.4 Å². The molecule has 1 aliphatic carbocycles. The third-order valence-electron chi connectivity index (χ3n) is 5.20. The third-order valence-corrected chi connectivity index (χ3v) is 5.20. The standard InChI is InChI=1S/C21H32N2O3/c1-23(2)19(16-8-6-5-7-9-16)15-22-21(24)13-11-17-10-12-18(25-3)14-20(17)26-4/h10-14,16,19H,5-9,15H2,1-4H3,(H,22,24)/b13-11+/t19-/m0/s1. The van der Waals surface area contributed by atoms with Crippen LogP contribution in [0.4, 0.5) is 0 Å². The third kappa shape index (κ3) is 5.77. The molecule has 1 fully saturated rings. The van der Waals surface area contributed by atoms with E-state index < -0.39 is 0 Å². The van der Waals surface area contributed by atoms with Crippen LogP contribution >= 0.6 is 0 Å². The molecule has 144 valence electrons. The van der Waals surface area contributed by atoms with Crippen molar-refractivity contribution in [2.45, 2.75) is 38.1 Å². The Morgan fingerprint density at radius 1 is 1.23 bits per heavy atom. The average Bonchev–Trinajstić information content (AvgIpc) is 2.66. The summed E-state index contributed by atoms with van der Waals surface area (Å²) in [6, 6.07) is 5.93. The van der Waals surface area contributed by atoms with Gasteiger partial charge in [-0.25, -0.2) is 0 Å². The lowest BCUT2D eigenvalue weighted by Crippen LogP contribution is -2.45. The number of carbonyl (C=O) groups excluding carboxylic acids is 1. The molecule has 1 atom stereocenters. The van der Waals surface area contributed by atoms with Gasteiger partial charge in [0.1, 0.15) is 11.5 Å². The Kier molecular flexibility index (Phi) is 7.98. The Hall–Kier alpha value is -2.01. The number of nitrogens with one attached hydrogen (secondary N) is 1. The molecule has 5 nitrogen and oxygen atoms in total. The molecular formula is C21H32N2O3. The van der Waals surface area contributed by atoms with E-state index in [-0.39, 0.29) is 5.91 Å². The molecule has 1 saturated carbocycles. The van der Waals surface area contributed by atoms with Gasteiger partial charge in [0.15, 0.2) is 0 Å². The molecule has 0 aliphatic heterocycles. The molecular weight excluding hydrogens is 328 g/mol. The number of hydrogen-bond acceptors (Lipinski definition) is 4. The molecule has 2 rings (SSSR count). The molecule has 1 amide bonds. The Bertz CT molecular complexity index is 607. The van der Waals surface area contributed by atoms with E-state index in [0.717, 1.165) is 11.3 Å². The zero-order chi connectivity index (χ0) is 18.9. The molecule has 0 saturated heterocycles. The Morgan fingerprint density at radius 3 is 2.58 bits per heavy atom. The van der Waals surface area contributed by atoms with Crippen LogP contribution in [-0.4, -0.2) is 51.7 Å². The second-order valence-corrected chi connectivity index (χ2v) is 7.12. The van der Waals surface area contributed by atoms with Crippen molar-refractivity contribution in [3.63, 3.8) is 0 Å². The van der Waals surface area contributed by atoms with E-state index in [1.165, 1.54) is 32.1 Å². The lowest BCUT2D eigenvalue weighted by Gasteiger charge is -2.34. The van der Waals surface area contributed by atoms with E-state index in [0.29, 0.717) is 24.3 Å². The number of amides is 1. The first-order valence-corrected chi connectivity index (χ1v) is 9.39. The van der Waals surface area contributed by atoms with Crippen LogP contribution in [0.5, 0.6) is 11.5 Å². The molecule has 0 radical (unpaired) electrons.